The highest BCUT2D eigenvalue weighted by molar-refractivity contribution is 5.83. The molecule has 1 fully saturated rings. The van der Waals surface area contributed by atoms with Crippen molar-refractivity contribution in [1.82, 2.24) is 9.88 Å². The molecular formula is C22H22F4N2. The van der Waals surface area contributed by atoms with Gasteiger partial charge in [-0.3, -0.25) is 4.90 Å². The summed E-state index contributed by atoms with van der Waals surface area (Å²) in [6, 6.07) is 10.9. The molecule has 1 N–H and O–H groups in total. The van der Waals surface area contributed by atoms with Gasteiger partial charge in [0.1, 0.15) is 11.6 Å². The van der Waals surface area contributed by atoms with Crippen molar-refractivity contribution in [2.75, 3.05) is 13.1 Å². The molecule has 28 heavy (non-hydrogen) atoms. The van der Waals surface area contributed by atoms with Crippen LogP contribution in [-0.4, -0.2) is 28.9 Å². The van der Waals surface area contributed by atoms with Crippen LogP contribution in [0.2, 0.25) is 0 Å². The van der Waals surface area contributed by atoms with Gasteiger partial charge in [-0.05, 0) is 48.2 Å². The number of alkyl halides is 2. The number of nitrogens with one attached hydrogen (secondary N) is 1. The summed E-state index contributed by atoms with van der Waals surface area (Å²) in [6.07, 6.45) is 2.15. The maximum atomic E-state index is 14.5. The van der Waals surface area contributed by atoms with Crippen LogP contribution in [0.3, 0.4) is 0 Å². The van der Waals surface area contributed by atoms with Crippen LogP contribution in [0.4, 0.5) is 17.6 Å². The molecule has 1 aromatic heterocycles. The Morgan fingerprint density at radius 2 is 1.89 bits per heavy atom. The highest BCUT2D eigenvalue weighted by atomic mass is 19.3. The number of H-pyrrole nitrogens is 1. The maximum Gasteiger partial charge on any atom is 0.253 e. The first-order chi connectivity index (χ1) is 13.4. The van der Waals surface area contributed by atoms with Crippen LogP contribution in [0.5, 0.6) is 0 Å². The Labute approximate surface area is 161 Å². The minimum Gasteiger partial charge on any atom is -0.361 e. The first-order valence-corrected chi connectivity index (χ1v) is 9.51. The van der Waals surface area contributed by atoms with Crippen LogP contribution in [0.25, 0.3) is 10.9 Å². The van der Waals surface area contributed by atoms with E-state index >= 15 is 0 Å². The van der Waals surface area contributed by atoms with E-state index in [2.05, 4.69) is 4.98 Å². The third-order valence-electron chi connectivity index (χ3n) is 5.68. The Kier molecular flexibility index (Phi) is 5.15. The molecule has 0 aliphatic carbocycles. The summed E-state index contributed by atoms with van der Waals surface area (Å²) >= 11 is 0. The number of fused-ring (bicyclic) bond motifs is 1. The van der Waals surface area contributed by atoms with Crippen LogP contribution in [0, 0.1) is 17.6 Å². The average Bonchev–Trinajstić information content (AvgIpc) is 3.05. The molecule has 1 atom stereocenters. The quantitative estimate of drug-likeness (QED) is 0.567. The molecule has 2 nitrogen and oxygen atoms in total. The number of aromatic amines is 1. The lowest BCUT2D eigenvalue weighted by Gasteiger charge is -2.38. The number of benzene rings is 2. The normalized spacial score (nSPS) is 19.9. The number of halogens is 4. The van der Waals surface area contributed by atoms with Gasteiger partial charge in [-0.2, -0.15) is 0 Å². The highest BCUT2D eigenvalue weighted by Crippen LogP contribution is 2.37. The summed E-state index contributed by atoms with van der Waals surface area (Å²) in [7, 11) is 0. The van der Waals surface area contributed by atoms with Crippen LogP contribution in [0.15, 0.2) is 48.7 Å². The molecule has 1 aliphatic rings. The Hall–Kier alpha value is -2.34. The molecule has 0 spiro atoms. The van der Waals surface area contributed by atoms with Gasteiger partial charge in [0.15, 0.2) is 0 Å². The van der Waals surface area contributed by atoms with Crippen molar-refractivity contribution in [2.24, 2.45) is 5.92 Å². The van der Waals surface area contributed by atoms with Crippen molar-refractivity contribution in [2.45, 2.75) is 31.7 Å². The topological polar surface area (TPSA) is 19.0 Å². The second-order valence-corrected chi connectivity index (χ2v) is 7.58. The monoisotopic (exact) mass is 390 g/mol. The van der Waals surface area contributed by atoms with Gasteiger partial charge in [0.25, 0.3) is 5.92 Å². The third-order valence-corrected chi connectivity index (χ3v) is 5.68. The molecule has 6 heteroatoms. The molecule has 1 aliphatic heterocycles. The smallest absolute Gasteiger partial charge is 0.253 e. The Bertz CT molecular complexity index is 966. The third kappa shape index (κ3) is 3.92. The van der Waals surface area contributed by atoms with Crippen LogP contribution < -0.4 is 0 Å². The molecule has 0 unspecified atom stereocenters. The number of aromatic nitrogens is 1. The first kappa shape index (κ1) is 19.0. The van der Waals surface area contributed by atoms with Gasteiger partial charge in [-0.25, -0.2) is 17.6 Å². The first-order valence-electron chi connectivity index (χ1n) is 9.51. The molecule has 148 valence electrons. The van der Waals surface area contributed by atoms with Gasteiger partial charge in [-0.15, -0.1) is 0 Å². The molecule has 4 rings (SSSR count). The summed E-state index contributed by atoms with van der Waals surface area (Å²) in [6.45, 7) is 1.09. The fourth-order valence-electron chi connectivity index (χ4n) is 4.06. The fraction of sp³-hybridized carbons (Fsp3) is 0.364. The molecule has 1 saturated heterocycles. The van der Waals surface area contributed by atoms with Gasteiger partial charge in [-0.1, -0.05) is 18.2 Å². The van der Waals surface area contributed by atoms with E-state index in [4.69, 9.17) is 0 Å². The van der Waals surface area contributed by atoms with Crippen molar-refractivity contribution >= 4 is 10.9 Å². The van der Waals surface area contributed by atoms with Crippen LogP contribution >= 0.6 is 0 Å². The second-order valence-electron chi connectivity index (χ2n) is 7.58. The van der Waals surface area contributed by atoms with Crippen molar-refractivity contribution < 1.29 is 17.6 Å². The number of aryl methyl sites for hydroxylation is 1. The fourth-order valence-corrected chi connectivity index (χ4v) is 4.06. The number of piperidine rings is 1. The van der Waals surface area contributed by atoms with E-state index in [9.17, 15) is 17.6 Å². The molecule has 0 bridgehead atoms. The molecule has 0 radical (unpaired) electrons. The van der Waals surface area contributed by atoms with Gasteiger partial charge >= 0.3 is 0 Å². The molecular weight excluding hydrogens is 368 g/mol. The highest BCUT2D eigenvalue weighted by Gasteiger charge is 2.43. The largest absolute Gasteiger partial charge is 0.361 e. The van der Waals surface area contributed by atoms with Gasteiger partial charge < -0.3 is 4.98 Å². The predicted molar refractivity (Wildman–Crippen MR) is 101 cm³/mol. The van der Waals surface area contributed by atoms with Crippen LogP contribution in [-0.2, 0) is 13.0 Å². The number of hydrogen-bond donors (Lipinski definition) is 1. The van der Waals surface area contributed by atoms with Crippen LogP contribution in [0.1, 0.15) is 24.0 Å². The second kappa shape index (κ2) is 7.59. The van der Waals surface area contributed by atoms with Gasteiger partial charge in [0.2, 0.25) is 0 Å². The molecule has 0 amide bonds. The zero-order valence-corrected chi connectivity index (χ0v) is 15.4. The lowest BCUT2D eigenvalue weighted by molar-refractivity contribution is -0.109. The minimum atomic E-state index is -2.74. The SMILES string of the molecule is Fc1ccc2c(CN3CCC(F)(F)[C@@H](CCc4ccccc4F)C3)c[nH]c2c1. The minimum absolute atomic E-state index is 0.202. The van der Waals surface area contributed by atoms with E-state index in [-0.39, 0.29) is 31.0 Å². The van der Waals surface area contributed by atoms with Crippen molar-refractivity contribution in [3.05, 3.63) is 71.4 Å². The summed E-state index contributed by atoms with van der Waals surface area (Å²) in [5, 5.41) is 0.904. The molecule has 0 saturated carbocycles. The predicted octanol–water partition coefficient (Wildman–Crippen LogP) is 5.54. The van der Waals surface area contributed by atoms with Gasteiger partial charge in [0, 0.05) is 49.1 Å². The van der Waals surface area contributed by atoms with E-state index in [1.807, 2.05) is 11.1 Å². The number of nitrogens with zero attached hydrogens (tertiary/aromatic N) is 1. The van der Waals surface area contributed by atoms with Gasteiger partial charge in [0.05, 0.1) is 0 Å². The van der Waals surface area contributed by atoms with E-state index in [1.165, 1.54) is 18.2 Å². The maximum absolute atomic E-state index is 14.5. The number of hydrogen-bond acceptors (Lipinski definition) is 1. The summed E-state index contributed by atoms with van der Waals surface area (Å²) < 4.78 is 56.1. The lowest BCUT2D eigenvalue weighted by atomic mass is 9.88. The van der Waals surface area contributed by atoms with E-state index < -0.39 is 11.8 Å². The Morgan fingerprint density at radius 3 is 2.71 bits per heavy atom. The Morgan fingerprint density at radius 1 is 1.07 bits per heavy atom. The van der Waals surface area contributed by atoms with Crippen molar-refractivity contribution in [3.8, 4) is 0 Å². The summed E-state index contributed by atoms with van der Waals surface area (Å²) in [4.78, 5) is 5.05. The Balaban J connectivity index is 1.45. The van der Waals surface area contributed by atoms with E-state index in [0.29, 0.717) is 30.6 Å². The zero-order chi connectivity index (χ0) is 19.7. The summed E-state index contributed by atoms with van der Waals surface area (Å²) in [5.41, 5.74) is 2.15. The van der Waals surface area contributed by atoms with Crippen molar-refractivity contribution in [3.63, 3.8) is 0 Å². The molecule has 3 aromatic rings. The van der Waals surface area contributed by atoms with Crippen molar-refractivity contribution in [1.29, 1.82) is 0 Å². The average molecular weight is 390 g/mol. The van der Waals surface area contributed by atoms with E-state index in [1.54, 1.807) is 24.3 Å². The number of likely N-dealkylation sites (tertiary alicyclic amines) is 1. The standard InChI is InChI=1S/C22H22F4N2/c23-18-7-8-19-16(12-27-21(19)11-18)13-28-10-9-22(25,26)17(14-28)6-5-15-3-1-2-4-20(15)24/h1-4,7-8,11-12,17,27H,5-6,9-10,13-14H2/t17-/m0/s1. The molecule has 2 heterocycles. The molecule has 2 aromatic carbocycles. The lowest BCUT2D eigenvalue weighted by Crippen LogP contribution is -2.46. The zero-order valence-electron chi connectivity index (χ0n) is 15.4. The number of rotatable bonds is 5. The summed E-state index contributed by atoms with van der Waals surface area (Å²) in [5.74, 6) is -4.22. The van der Waals surface area contributed by atoms with E-state index in [0.717, 1.165) is 10.9 Å².